The van der Waals surface area contributed by atoms with Crippen molar-refractivity contribution in [3.05, 3.63) is 29.3 Å². The Morgan fingerprint density at radius 1 is 1.44 bits per heavy atom. The molecular weight excluding hydrogens is 196 g/mol. The van der Waals surface area contributed by atoms with Gasteiger partial charge in [-0.3, -0.25) is 0 Å². The molecular formula is C14H22N2. The van der Waals surface area contributed by atoms with Crippen LogP contribution < -0.4 is 11.1 Å². The van der Waals surface area contributed by atoms with E-state index >= 15 is 0 Å². The molecule has 0 aromatic heterocycles. The van der Waals surface area contributed by atoms with Crippen LogP contribution >= 0.6 is 0 Å². The number of aryl methyl sites for hydroxylation is 1. The van der Waals surface area contributed by atoms with Crippen molar-refractivity contribution in [2.75, 3.05) is 12.3 Å². The zero-order valence-electron chi connectivity index (χ0n) is 10.3. The van der Waals surface area contributed by atoms with Gasteiger partial charge < -0.3 is 11.1 Å². The van der Waals surface area contributed by atoms with Gasteiger partial charge in [0.05, 0.1) is 0 Å². The molecule has 2 heteroatoms. The normalized spacial score (nSPS) is 19.8. The van der Waals surface area contributed by atoms with Crippen molar-refractivity contribution in [1.29, 1.82) is 0 Å². The summed E-state index contributed by atoms with van der Waals surface area (Å²) < 4.78 is 0. The zero-order valence-corrected chi connectivity index (χ0v) is 10.3. The van der Waals surface area contributed by atoms with Crippen LogP contribution in [0.25, 0.3) is 0 Å². The Hall–Kier alpha value is -1.02. The first-order chi connectivity index (χ1) is 7.66. The van der Waals surface area contributed by atoms with Crippen LogP contribution in [0.2, 0.25) is 0 Å². The summed E-state index contributed by atoms with van der Waals surface area (Å²) in [5, 5.41) is 3.53. The summed E-state index contributed by atoms with van der Waals surface area (Å²) in [7, 11) is 0. The summed E-state index contributed by atoms with van der Waals surface area (Å²) in [6.07, 6.45) is 3.81. The molecule has 0 amide bonds. The van der Waals surface area contributed by atoms with Crippen molar-refractivity contribution in [2.45, 2.75) is 45.1 Å². The summed E-state index contributed by atoms with van der Waals surface area (Å²) >= 11 is 0. The second kappa shape index (κ2) is 4.88. The van der Waals surface area contributed by atoms with Gasteiger partial charge in [0.1, 0.15) is 0 Å². The van der Waals surface area contributed by atoms with Crippen LogP contribution in [-0.4, -0.2) is 12.6 Å². The van der Waals surface area contributed by atoms with E-state index in [1.54, 1.807) is 0 Å². The molecule has 0 saturated heterocycles. The fourth-order valence-corrected chi connectivity index (χ4v) is 2.51. The third kappa shape index (κ3) is 2.56. The van der Waals surface area contributed by atoms with Crippen LogP contribution in [0.3, 0.4) is 0 Å². The molecule has 2 rings (SSSR count). The molecule has 0 aliphatic heterocycles. The molecule has 2 nitrogen and oxygen atoms in total. The molecule has 1 aliphatic rings. The second-order valence-electron chi connectivity index (χ2n) is 5.11. The van der Waals surface area contributed by atoms with Gasteiger partial charge in [-0.15, -0.1) is 0 Å². The first kappa shape index (κ1) is 11.5. The molecule has 0 spiro atoms. The Kier molecular flexibility index (Phi) is 3.49. The van der Waals surface area contributed by atoms with Crippen molar-refractivity contribution in [1.82, 2.24) is 5.32 Å². The first-order valence-electron chi connectivity index (χ1n) is 6.28. The van der Waals surface area contributed by atoms with Gasteiger partial charge in [-0.2, -0.15) is 0 Å². The number of hydrogen-bond acceptors (Lipinski definition) is 2. The topological polar surface area (TPSA) is 38.0 Å². The number of nitrogens with one attached hydrogen (secondary N) is 1. The van der Waals surface area contributed by atoms with E-state index in [1.165, 1.54) is 30.4 Å². The lowest BCUT2D eigenvalue weighted by molar-refractivity contribution is 0.479. The number of nitrogen functional groups attached to an aromatic ring is 1. The standard InChI is InChI=1S/C14H22N2/c1-10(2)16-9-12-5-3-4-11-6-7-13(15)8-14(11)12/h6-8,10,12,16H,3-5,9,15H2,1-2H3. The van der Waals surface area contributed by atoms with Gasteiger partial charge in [-0.25, -0.2) is 0 Å². The molecule has 0 radical (unpaired) electrons. The molecule has 1 aromatic carbocycles. The number of fused-ring (bicyclic) bond motifs is 1. The maximum Gasteiger partial charge on any atom is 0.0317 e. The second-order valence-corrected chi connectivity index (χ2v) is 5.11. The van der Waals surface area contributed by atoms with Crippen LogP contribution in [-0.2, 0) is 6.42 Å². The fraction of sp³-hybridized carbons (Fsp3) is 0.571. The Balaban J connectivity index is 2.15. The third-order valence-electron chi connectivity index (χ3n) is 3.38. The third-order valence-corrected chi connectivity index (χ3v) is 3.38. The molecule has 0 bridgehead atoms. The van der Waals surface area contributed by atoms with Crippen LogP contribution in [0.15, 0.2) is 18.2 Å². The van der Waals surface area contributed by atoms with Gasteiger partial charge in [-0.05, 0) is 48.4 Å². The molecule has 0 fully saturated rings. The van der Waals surface area contributed by atoms with E-state index in [2.05, 4.69) is 31.3 Å². The largest absolute Gasteiger partial charge is 0.399 e. The van der Waals surface area contributed by atoms with Crippen LogP contribution in [0, 0.1) is 0 Å². The minimum atomic E-state index is 0.562. The van der Waals surface area contributed by atoms with Crippen molar-refractivity contribution in [3.8, 4) is 0 Å². The highest BCUT2D eigenvalue weighted by molar-refractivity contribution is 5.47. The smallest absolute Gasteiger partial charge is 0.0317 e. The molecule has 0 saturated carbocycles. The Labute approximate surface area is 98.2 Å². The van der Waals surface area contributed by atoms with Crippen molar-refractivity contribution in [3.63, 3.8) is 0 Å². The number of benzene rings is 1. The maximum absolute atomic E-state index is 5.88. The Morgan fingerprint density at radius 2 is 2.25 bits per heavy atom. The van der Waals surface area contributed by atoms with Gasteiger partial charge >= 0.3 is 0 Å². The zero-order chi connectivity index (χ0) is 11.5. The van der Waals surface area contributed by atoms with Gasteiger partial charge in [0.15, 0.2) is 0 Å². The molecule has 1 aliphatic carbocycles. The van der Waals surface area contributed by atoms with Gasteiger partial charge in [0.2, 0.25) is 0 Å². The van der Waals surface area contributed by atoms with E-state index in [0.717, 1.165) is 12.2 Å². The van der Waals surface area contributed by atoms with Crippen molar-refractivity contribution >= 4 is 5.69 Å². The Bertz CT molecular complexity index is 358. The molecule has 16 heavy (non-hydrogen) atoms. The highest BCUT2D eigenvalue weighted by Crippen LogP contribution is 2.32. The number of nitrogens with two attached hydrogens (primary N) is 1. The van der Waals surface area contributed by atoms with Crippen LogP contribution in [0.1, 0.15) is 43.7 Å². The predicted octanol–water partition coefficient (Wildman–Crippen LogP) is 2.69. The molecule has 3 N–H and O–H groups in total. The summed E-state index contributed by atoms with van der Waals surface area (Å²) in [6.45, 7) is 5.47. The minimum absolute atomic E-state index is 0.562. The molecule has 1 aromatic rings. The fourth-order valence-electron chi connectivity index (χ4n) is 2.51. The summed E-state index contributed by atoms with van der Waals surface area (Å²) in [6, 6.07) is 6.95. The first-order valence-corrected chi connectivity index (χ1v) is 6.28. The maximum atomic E-state index is 5.88. The predicted molar refractivity (Wildman–Crippen MR) is 69.7 cm³/mol. The molecule has 88 valence electrons. The van der Waals surface area contributed by atoms with E-state index in [9.17, 15) is 0 Å². The van der Waals surface area contributed by atoms with E-state index in [0.29, 0.717) is 12.0 Å². The SMILES string of the molecule is CC(C)NCC1CCCc2ccc(N)cc21. The quantitative estimate of drug-likeness (QED) is 0.765. The van der Waals surface area contributed by atoms with Gasteiger partial charge in [0.25, 0.3) is 0 Å². The monoisotopic (exact) mass is 218 g/mol. The average molecular weight is 218 g/mol. The lowest BCUT2D eigenvalue weighted by Gasteiger charge is -2.27. The number of rotatable bonds is 3. The average Bonchev–Trinajstić information content (AvgIpc) is 2.26. The summed E-state index contributed by atoms with van der Waals surface area (Å²) in [5.74, 6) is 0.648. The van der Waals surface area contributed by atoms with E-state index in [1.807, 2.05) is 6.07 Å². The lowest BCUT2D eigenvalue weighted by Crippen LogP contribution is -2.29. The number of hydrogen-bond donors (Lipinski definition) is 2. The van der Waals surface area contributed by atoms with Gasteiger partial charge in [0, 0.05) is 18.3 Å². The summed E-state index contributed by atoms with van der Waals surface area (Å²) in [4.78, 5) is 0. The minimum Gasteiger partial charge on any atom is -0.399 e. The molecule has 1 atom stereocenters. The van der Waals surface area contributed by atoms with Crippen LogP contribution in [0.4, 0.5) is 5.69 Å². The summed E-state index contributed by atoms with van der Waals surface area (Å²) in [5.41, 5.74) is 9.75. The van der Waals surface area contributed by atoms with Crippen molar-refractivity contribution < 1.29 is 0 Å². The molecule has 1 unspecified atom stereocenters. The van der Waals surface area contributed by atoms with Crippen molar-refractivity contribution in [2.24, 2.45) is 0 Å². The molecule has 0 heterocycles. The van der Waals surface area contributed by atoms with Gasteiger partial charge in [-0.1, -0.05) is 19.9 Å². The highest BCUT2D eigenvalue weighted by atomic mass is 14.9. The number of anilines is 1. The van der Waals surface area contributed by atoms with Crippen LogP contribution in [0.5, 0.6) is 0 Å². The van der Waals surface area contributed by atoms with E-state index in [-0.39, 0.29) is 0 Å². The van der Waals surface area contributed by atoms with E-state index in [4.69, 9.17) is 5.73 Å². The highest BCUT2D eigenvalue weighted by Gasteiger charge is 2.20. The lowest BCUT2D eigenvalue weighted by atomic mass is 9.82. The van der Waals surface area contributed by atoms with E-state index < -0.39 is 0 Å². The Morgan fingerprint density at radius 3 is 3.00 bits per heavy atom.